The van der Waals surface area contributed by atoms with Crippen LogP contribution in [-0.2, 0) is 11.2 Å². The molecule has 0 unspecified atom stereocenters. The number of nitrogens with one attached hydrogen (secondary N) is 1. The molecule has 0 saturated heterocycles. The van der Waals surface area contributed by atoms with E-state index in [1.165, 1.54) is 5.56 Å². The third-order valence-corrected chi connectivity index (χ3v) is 4.47. The van der Waals surface area contributed by atoms with Crippen molar-refractivity contribution in [1.82, 2.24) is 0 Å². The second-order valence-corrected chi connectivity index (χ2v) is 6.26. The van der Waals surface area contributed by atoms with Crippen molar-refractivity contribution in [2.45, 2.75) is 33.6 Å². The van der Waals surface area contributed by atoms with Gasteiger partial charge in [-0.1, -0.05) is 24.6 Å². The number of amides is 2. The standard InChI is InChI=1S/C20H22N2O2/c1-4-19(23)22-10-9-15-12-16(6-8-18(15)22)20(24)21-17-7-5-13(2)11-14(17)3/h5-8,11-12H,4,9-10H2,1-3H3,(H,21,24). The van der Waals surface area contributed by atoms with Gasteiger partial charge in [-0.05, 0) is 55.7 Å². The number of carbonyl (C=O) groups is 2. The van der Waals surface area contributed by atoms with E-state index < -0.39 is 0 Å². The first-order valence-electron chi connectivity index (χ1n) is 8.31. The van der Waals surface area contributed by atoms with Crippen LogP contribution in [0.4, 0.5) is 11.4 Å². The van der Waals surface area contributed by atoms with Crippen LogP contribution in [0.1, 0.15) is 40.4 Å². The number of nitrogens with zero attached hydrogens (tertiary/aromatic N) is 1. The zero-order valence-electron chi connectivity index (χ0n) is 14.3. The van der Waals surface area contributed by atoms with Crippen molar-refractivity contribution >= 4 is 23.2 Å². The summed E-state index contributed by atoms with van der Waals surface area (Å²) in [5.41, 5.74) is 5.66. The van der Waals surface area contributed by atoms with E-state index in [0.717, 1.165) is 28.9 Å². The first-order chi connectivity index (χ1) is 11.5. The molecule has 124 valence electrons. The Labute approximate surface area is 142 Å². The number of rotatable bonds is 3. The van der Waals surface area contributed by atoms with Gasteiger partial charge >= 0.3 is 0 Å². The third kappa shape index (κ3) is 3.04. The average molecular weight is 322 g/mol. The Balaban J connectivity index is 1.81. The van der Waals surface area contributed by atoms with Gasteiger partial charge in [0.25, 0.3) is 5.91 Å². The van der Waals surface area contributed by atoms with Crippen molar-refractivity contribution in [3.63, 3.8) is 0 Å². The van der Waals surface area contributed by atoms with Gasteiger partial charge in [-0.2, -0.15) is 0 Å². The van der Waals surface area contributed by atoms with Crippen molar-refractivity contribution in [2.75, 3.05) is 16.8 Å². The fourth-order valence-electron chi connectivity index (χ4n) is 3.14. The van der Waals surface area contributed by atoms with E-state index in [0.29, 0.717) is 18.5 Å². The Kier molecular flexibility index (Phi) is 4.38. The molecular weight excluding hydrogens is 300 g/mol. The van der Waals surface area contributed by atoms with Crippen LogP contribution < -0.4 is 10.2 Å². The second-order valence-electron chi connectivity index (χ2n) is 6.26. The van der Waals surface area contributed by atoms with Gasteiger partial charge in [0.05, 0.1) is 0 Å². The molecule has 0 fully saturated rings. The SMILES string of the molecule is CCC(=O)N1CCc2cc(C(=O)Nc3ccc(C)cc3C)ccc21. The highest BCUT2D eigenvalue weighted by Gasteiger charge is 2.24. The first-order valence-corrected chi connectivity index (χ1v) is 8.31. The minimum atomic E-state index is -0.120. The summed E-state index contributed by atoms with van der Waals surface area (Å²) < 4.78 is 0. The molecule has 3 rings (SSSR count). The van der Waals surface area contributed by atoms with E-state index in [1.54, 1.807) is 11.0 Å². The van der Waals surface area contributed by atoms with Crippen LogP contribution in [0.3, 0.4) is 0 Å². The van der Waals surface area contributed by atoms with Gasteiger partial charge in [0.15, 0.2) is 0 Å². The maximum absolute atomic E-state index is 12.5. The van der Waals surface area contributed by atoms with Crippen LogP contribution in [0.15, 0.2) is 36.4 Å². The highest BCUT2D eigenvalue weighted by atomic mass is 16.2. The summed E-state index contributed by atoms with van der Waals surface area (Å²) in [6.07, 6.45) is 1.29. The van der Waals surface area contributed by atoms with Gasteiger partial charge in [0, 0.05) is 29.9 Å². The number of anilines is 2. The predicted octanol–water partition coefficient (Wildman–Crippen LogP) is 3.85. The van der Waals surface area contributed by atoms with Crippen molar-refractivity contribution in [3.05, 3.63) is 58.7 Å². The second kappa shape index (κ2) is 6.48. The van der Waals surface area contributed by atoms with Gasteiger partial charge in [0.2, 0.25) is 5.91 Å². The summed E-state index contributed by atoms with van der Waals surface area (Å²) in [7, 11) is 0. The molecule has 0 atom stereocenters. The normalized spacial score (nSPS) is 12.9. The molecule has 0 radical (unpaired) electrons. The quantitative estimate of drug-likeness (QED) is 0.933. The van der Waals surface area contributed by atoms with Crippen molar-refractivity contribution in [2.24, 2.45) is 0 Å². The fraction of sp³-hybridized carbons (Fsp3) is 0.300. The van der Waals surface area contributed by atoms with Crippen LogP contribution >= 0.6 is 0 Å². The van der Waals surface area contributed by atoms with Crippen molar-refractivity contribution in [1.29, 1.82) is 0 Å². The van der Waals surface area contributed by atoms with Crippen LogP contribution in [0, 0.1) is 13.8 Å². The van der Waals surface area contributed by atoms with Gasteiger partial charge in [0.1, 0.15) is 0 Å². The molecule has 0 bridgehead atoms. The molecule has 2 aromatic carbocycles. The summed E-state index contributed by atoms with van der Waals surface area (Å²) in [5, 5.41) is 2.97. The largest absolute Gasteiger partial charge is 0.322 e. The van der Waals surface area contributed by atoms with Gasteiger partial charge in [-0.25, -0.2) is 0 Å². The Morgan fingerprint density at radius 1 is 1.12 bits per heavy atom. The lowest BCUT2D eigenvalue weighted by atomic mass is 10.1. The molecule has 0 saturated carbocycles. The average Bonchev–Trinajstić information content (AvgIpc) is 2.99. The summed E-state index contributed by atoms with van der Waals surface area (Å²) in [5.74, 6) is 0.00579. The number of hydrogen-bond acceptors (Lipinski definition) is 2. The molecule has 0 aliphatic carbocycles. The predicted molar refractivity (Wildman–Crippen MR) is 96.7 cm³/mol. The smallest absolute Gasteiger partial charge is 0.255 e. The molecule has 2 aromatic rings. The Morgan fingerprint density at radius 3 is 2.62 bits per heavy atom. The van der Waals surface area contributed by atoms with Gasteiger partial charge in [-0.3, -0.25) is 9.59 Å². The molecule has 4 nitrogen and oxygen atoms in total. The topological polar surface area (TPSA) is 49.4 Å². The maximum atomic E-state index is 12.5. The maximum Gasteiger partial charge on any atom is 0.255 e. The number of benzene rings is 2. The molecular formula is C20H22N2O2. The van der Waals surface area contributed by atoms with Crippen LogP contribution in [-0.4, -0.2) is 18.4 Å². The summed E-state index contributed by atoms with van der Waals surface area (Å²) >= 11 is 0. The van der Waals surface area contributed by atoms with Crippen molar-refractivity contribution in [3.8, 4) is 0 Å². The lowest BCUT2D eigenvalue weighted by molar-refractivity contribution is -0.118. The van der Waals surface area contributed by atoms with Gasteiger partial charge < -0.3 is 10.2 Å². The molecule has 2 amide bonds. The first kappa shape index (κ1) is 16.2. The summed E-state index contributed by atoms with van der Waals surface area (Å²) in [6, 6.07) is 11.5. The zero-order valence-corrected chi connectivity index (χ0v) is 14.3. The molecule has 4 heteroatoms. The van der Waals surface area contributed by atoms with E-state index in [-0.39, 0.29) is 11.8 Å². The molecule has 0 spiro atoms. The number of fused-ring (bicyclic) bond motifs is 1. The Hall–Kier alpha value is -2.62. The van der Waals surface area contributed by atoms with Crippen LogP contribution in [0.5, 0.6) is 0 Å². The molecule has 24 heavy (non-hydrogen) atoms. The lowest BCUT2D eigenvalue weighted by Crippen LogP contribution is -2.27. The highest BCUT2D eigenvalue weighted by Crippen LogP contribution is 2.29. The van der Waals surface area contributed by atoms with Crippen LogP contribution in [0.25, 0.3) is 0 Å². The molecule has 0 aromatic heterocycles. The molecule has 1 aliphatic heterocycles. The van der Waals surface area contributed by atoms with Crippen LogP contribution in [0.2, 0.25) is 0 Å². The number of aryl methyl sites for hydroxylation is 2. The van der Waals surface area contributed by atoms with E-state index in [4.69, 9.17) is 0 Å². The van der Waals surface area contributed by atoms with Gasteiger partial charge in [-0.15, -0.1) is 0 Å². The molecule has 1 N–H and O–H groups in total. The molecule has 1 aliphatic rings. The minimum absolute atomic E-state index is 0.120. The van der Waals surface area contributed by atoms with E-state index in [1.807, 2.05) is 51.1 Å². The third-order valence-electron chi connectivity index (χ3n) is 4.47. The van der Waals surface area contributed by atoms with E-state index in [9.17, 15) is 9.59 Å². The highest BCUT2D eigenvalue weighted by molar-refractivity contribution is 6.05. The summed E-state index contributed by atoms with van der Waals surface area (Å²) in [4.78, 5) is 26.3. The van der Waals surface area contributed by atoms with E-state index in [2.05, 4.69) is 5.32 Å². The number of carbonyl (C=O) groups excluding carboxylic acids is 2. The van der Waals surface area contributed by atoms with E-state index >= 15 is 0 Å². The monoisotopic (exact) mass is 322 g/mol. The Morgan fingerprint density at radius 2 is 1.92 bits per heavy atom. The fourth-order valence-corrected chi connectivity index (χ4v) is 3.14. The summed E-state index contributed by atoms with van der Waals surface area (Å²) in [6.45, 7) is 6.58. The minimum Gasteiger partial charge on any atom is -0.322 e. The molecule has 1 heterocycles. The Bertz CT molecular complexity index is 811. The number of hydrogen-bond donors (Lipinski definition) is 1. The zero-order chi connectivity index (χ0) is 17.3. The van der Waals surface area contributed by atoms with Crippen molar-refractivity contribution < 1.29 is 9.59 Å². The lowest BCUT2D eigenvalue weighted by Gasteiger charge is -2.16.